The highest BCUT2D eigenvalue weighted by atomic mass is 16.3. The van der Waals surface area contributed by atoms with Crippen molar-refractivity contribution in [1.29, 1.82) is 0 Å². The number of hydrogen-bond donors (Lipinski definition) is 2. The Hall–Kier alpha value is -2.04. The number of nitrogens with one attached hydrogen (secondary N) is 1. The number of nitrogens with two attached hydrogens (primary N) is 1. The van der Waals surface area contributed by atoms with Crippen molar-refractivity contribution < 1.29 is 9.21 Å². The Morgan fingerprint density at radius 2 is 2.46 bits per heavy atom. The minimum Gasteiger partial charge on any atom is -0.461 e. The summed E-state index contributed by atoms with van der Waals surface area (Å²) >= 11 is 0. The van der Waals surface area contributed by atoms with Crippen LogP contribution in [0.2, 0.25) is 0 Å². The van der Waals surface area contributed by atoms with Crippen molar-refractivity contribution in [1.82, 2.24) is 10.2 Å². The molecule has 0 unspecified atom stereocenters. The lowest BCUT2D eigenvalue weighted by molar-refractivity contribution is 0.101. The van der Waals surface area contributed by atoms with Crippen LogP contribution in [0.5, 0.6) is 0 Å². The maximum Gasteiger partial charge on any atom is 0.233 e. The van der Waals surface area contributed by atoms with Gasteiger partial charge in [-0.1, -0.05) is 0 Å². The second-order valence-corrected chi connectivity index (χ2v) is 2.49. The summed E-state index contributed by atoms with van der Waals surface area (Å²) in [7, 11) is 0. The van der Waals surface area contributed by atoms with Gasteiger partial charge in [0.15, 0.2) is 11.6 Å². The molecule has 66 valence electrons. The molecule has 0 saturated carbocycles. The Morgan fingerprint density at radius 3 is 3.00 bits per heavy atom. The third-order valence-corrected chi connectivity index (χ3v) is 1.66. The van der Waals surface area contributed by atoms with E-state index in [2.05, 4.69) is 10.2 Å². The van der Waals surface area contributed by atoms with Gasteiger partial charge in [0.05, 0.1) is 11.8 Å². The highest BCUT2D eigenvalue weighted by Crippen LogP contribution is 2.13. The fraction of sp³-hybridized carbons (Fsp3) is 0. The van der Waals surface area contributed by atoms with Gasteiger partial charge in [-0.05, 0) is 12.1 Å². The van der Waals surface area contributed by atoms with Crippen molar-refractivity contribution in [3.63, 3.8) is 0 Å². The Balaban J connectivity index is 2.39. The van der Waals surface area contributed by atoms with Gasteiger partial charge in [0.25, 0.3) is 0 Å². The molecule has 0 aromatic carbocycles. The van der Waals surface area contributed by atoms with Gasteiger partial charge in [-0.3, -0.25) is 9.89 Å². The van der Waals surface area contributed by atoms with Crippen LogP contribution in [0.15, 0.2) is 29.0 Å². The van der Waals surface area contributed by atoms with E-state index in [-0.39, 0.29) is 17.4 Å². The molecule has 0 spiro atoms. The molecule has 0 saturated heterocycles. The predicted molar refractivity (Wildman–Crippen MR) is 45.1 cm³/mol. The molecular formula is C8H7N3O2. The summed E-state index contributed by atoms with van der Waals surface area (Å²) in [5, 5.41) is 6.14. The normalized spacial score (nSPS) is 10.2. The third-order valence-electron chi connectivity index (χ3n) is 1.66. The van der Waals surface area contributed by atoms with Crippen LogP contribution in [-0.2, 0) is 0 Å². The highest BCUT2D eigenvalue weighted by molar-refractivity contribution is 6.09. The second kappa shape index (κ2) is 2.78. The van der Waals surface area contributed by atoms with Gasteiger partial charge in [-0.2, -0.15) is 5.10 Å². The fourth-order valence-corrected chi connectivity index (χ4v) is 1.02. The number of rotatable bonds is 2. The number of nitrogen functional groups attached to an aromatic ring is 1. The largest absolute Gasteiger partial charge is 0.461 e. The van der Waals surface area contributed by atoms with Crippen LogP contribution in [0.25, 0.3) is 0 Å². The van der Waals surface area contributed by atoms with E-state index in [1.807, 2.05) is 0 Å². The molecule has 2 aromatic heterocycles. The number of carbonyl (C=O) groups is 1. The quantitative estimate of drug-likeness (QED) is 0.665. The van der Waals surface area contributed by atoms with E-state index in [1.165, 1.54) is 12.5 Å². The maximum absolute atomic E-state index is 11.6. The van der Waals surface area contributed by atoms with E-state index in [0.717, 1.165) is 0 Å². The van der Waals surface area contributed by atoms with Crippen molar-refractivity contribution >= 4 is 11.6 Å². The molecule has 0 aliphatic rings. The Bertz CT molecular complexity index is 416. The monoisotopic (exact) mass is 177 g/mol. The third kappa shape index (κ3) is 1.20. The highest BCUT2D eigenvalue weighted by Gasteiger charge is 2.15. The summed E-state index contributed by atoms with van der Waals surface area (Å²) in [5.74, 6) is 0.172. The Kier molecular flexibility index (Phi) is 1.63. The molecule has 0 atom stereocenters. The zero-order valence-electron chi connectivity index (χ0n) is 6.65. The fourth-order valence-electron chi connectivity index (χ4n) is 1.02. The first kappa shape index (κ1) is 7.60. The maximum atomic E-state index is 11.6. The molecule has 0 aliphatic carbocycles. The van der Waals surface area contributed by atoms with E-state index in [9.17, 15) is 4.79 Å². The number of nitrogens with zero attached hydrogens (tertiary/aromatic N) is 1. The van der Waals surface area contributed by atoms with E-state index >= 15 is 0 Å². The number of carbonyl (C=O) groups excluding carboxylic acids is 1. The average molecular weight is 177 g/mol. The molecule has 13 heavy (non-hydrogen) atoms. The summed E-state index contributed by atoms with van der Waals surface area (Å²) in [6.07, 6.45) is 2.88. The number of anilines is 1. The molecule has 0 amide bonds. The van der Waals surface area contributed by atoms with Crippen LogP contribution in [0, 0.1) is 0 Å². The predicted octanol–water partition coefficient (Wildman–Crippen LogP) is 0.816. The molecule has 0 radical (unpaired) electrons. The lowest BCUT2D eigenvalue weighted by Crippen LogP contribution is -2.01. The van der Waals surface area contributed by atoms with E-state index < -0.39 is 0 Å². The summed E-state index contributed by atoms with van der Waals surface area (Å²) in [4.78, 5) is 11.6. The van der Waals surface area contributed by atoms with Gasteiger partial charge >= 0.3 is 0 Å². The minimum absolute atomic E-state index is 0.182. The van der Waals surface area contributed by atoms with Crippen molar-refractivity contribution in [2.45, 2.75) is 0 Å². The molecule has 0 aliphatic heterocycles. The van der Waals surface area contributed by atoms with Crippen LogP contribution < -0.4 is 5.73 Å². The molecule has 2 rings (SSSR count). The number of ketones is 1. The summed E-state index contributed by atoms with van der Waals surface area (Å²) in [6.45, 7) is 0. The lowest BCUT2D eigenvalue weighted by Gasteiger charge is -1.92. The molecule has 0 bridgehead atoms. The van der Waals surface area contributed by atoms with Gasteiger partial charge in [0, 0.05) is 6.20 Å². The van der Waals surface area contributed by atoms with Gasteiger partial charge in [0.2, 0.25) is 5.78 Å². The number of aromatic nitrogens is 2. The summed E-state index contributed by atoms with van der Waals surface area (Å²) in [6, 6.07) is 3.22. The molecule has 5 nitrogen and oxygen atoms in total. The number of hydrogen-bond acceptors (Lipinski definition) is 4. The van der Waals surface area contributed by atoms with Crippen molar-refractivity contribution in [3.05, 3.63) is 35.9 Å². The van der Waals surface area contributed by atoms with Gasteiger partial charge in [-0.25, -0.2) is 0 Å². The first-order chi connectivity index (χ1) is 6.29. The molecule has 3 N–H and O–H groups in total. The topological polar surface area (TPSA) is 84.9 Å². The van der Waals surface area contributed by atoms with Crippen molar-refractivity contribution in [3.8, 4) is 0 Å². The standard InChI is InChI=1S/C8H7N3O2/c9-8-5(4-10-11-8)7(12)6-2-1-3-13-6/h1-4H,(H3,9,10,11). The smallest absolute Gasteiger partial charge is 0.233 e. The second-order valence-electron chi connectivity index (χ2n) is 2.49. The molecule has 5 heteroatoms. The lowest BCUT2D eigenvalue weighted by atomic mass is 10.2. The summed E-state index contributed by atoms with van der Waals surface area (Å²) in [5.41, 5.74) is 5.77. The minimum atomic E-state index is -0.267. The Labute approximate surface area is 73.5 Å². The first-order valence-corrected chi connectivity index (χ1v) is 3.66. The number of H-pyrrole nitrogens is 1. The first-order valence-electron chi connectivity index (χ1n) is 3.66. The zero-order valence-corrected chi connectivity index (χ0v) is 6.65. The molecular weight excluding hydrogens is 170 g/mol. The number of furan rings is 1. The van der Waals surface area contributed by atoms with Crippen molar-refractivity contribution in [2.24, 2.45) is 0 Å². The SMILES string of the molecule is Nc1n[nH]cc1C(=O)c1ccco1. The van der Waals surface area contributed by atoms with Gasteiger partial charge in [0.1, 0.15) is 0 Å². The van der Waals surface area contributed by atoms with E-state index in [1.54, 1.807) is 12.1 Å². The van der Waals surface area contributed by atoms with Crippen LogP contribution >= 0.6 is 0 Å². The van der Waals surface area contributed by atoms with Gasteiger partial charge < -0.3 is 10.2 Å². The number of aromatic amines is 1. The van der Waals surface area contributed by atoms with E-state index in [4.69, 9.17) is 10.2 Å². The van der Waals surface area contributed by atoms with Crippen LogP contribution in [0.4, 0.5) is 5.82 Å². The summed E-state index contributed by atoms with van der Waals surface area (Å²) < 4.78 is 4.93. The molecule has 2 aromatic rings. The van der Waals surface area contributed by atoms with Gasteiger partial charge in [-0.15, -0.1) is 0 Å². The Morgan fingerprint density at radius 1 is 1.62 bits per heavy atom. The van der Waals surface area contributed by atoms with E-state index in [0.29, 0.717) is 5.56 Å². The van der Waals surface area contributed by atoms with Crippen LogP contribution in [0.1, 0.15) is 16.1 Å². The average Bonchev–Trinajstić information content (AvgIpc) is 2.72. The molecule has 0 fully saturated rings. The van der Waals surface area contributed by atoms with Crippen molar-refractivity contribution in [2.75, 3.05) is 5.73 Å². The van der Waals surface area contributed by atoms with Crippen LogP contribution in [-0.4, -0.2) is 16.0 Å². The zero-order chi connectivity index (χ0) is 9.26. The van der Waals surface area contributed by atoms with Crippen LogP contribution in [0.3, 0.4) is 0 Å². The molecule has 2 heterocycles.